The van der Waals surface area contributed by atoms with Gasteiger partial charge < -0.3 is 55.9 Å². The Balaban J connectivity index is 0. The van der Waals surface area contributed by atoms with Gasteiger partial charge in [-0.3, -0.25) is 0 Å². The van der Waals surface area contributed by atoms with Crippen LogP contribution in [0, 0.1) is 0 Å². The molecule has 0 bridgehead atoms. The van der Waals surface area contributed by atoms with Crippen LogP contribution in [0.25, 0.3) is 0 Å². The highest BCUT2D eigenvalue weighted by Gasteiger charge is 2.29. The molecule has 0 aromatic carbocycles. The minimum absolute atomic E-state index is 0.0869. The fraction of sp³-hybridized carbons (Fsp3) is 0.909. The number of rotatable bonds is 9. The van der Waals surface area contributed by atoms with Gasteiger partial charge in [-0.25, -0.2) is 0 Å². The molecule has 11 nitrogen and oxygen atoms in total. The molecule has 22 heavy (non-hydrogen) atoms. The third-order valence-corrected chi connectivity index (χ3v) is 2.58. The largest absolute Gasteiger partial charge is 0.394 e. The summed E-state index contributed by atoms with van der Waals surface area (Å²) in [6.45, 7) is -2.14. The number of aliphatic hydroxyl groups excluding tert-OH is 10. The van der Waals surface area contributed by atoms with Crippen LogP contribution in [-0.4, -0.2) is 120 Å². The highest BCUT2D eigenvalue weighted by atomic mass is 16.4. The van der Waals surface area contributed by atoms with E-state index in [1.807, 2.05) is 0 Å². The first-order valence-electron chi connectivity index (χ1n) is 6.22. The maximum atomic E-state index is 9.76. The second-order valence-electron chi connectivity index (χ2n) is 4.35. The number of carbonyl (C=O) groups excluding carboxylic acids is 1. The molecule has 0 aromatic heterocycles. The number of hydrogen-bond donors (Lipinski definition) is 10. The zero-order valence-corrected chi connectivity index (χ0v) is 11.6. The Kier molecular flexibility index (Phi) is 13.7. The predicted octanol–water partition coefficient (Wildman–Crippen LogP) is -6.33. The quantitative estimate of drug-likeness (QED) is 0.179. The first-order chi connectivity index (χ1) is 10.2. The van der Waals surface area contributed by atoms with Crippen LogP contribution in [-0.2, 0) is 4.79 Å². The van der Waals surface area contributed by atoms with E-state index in [0.717, 1.165) is 0 Å². The Morgan fingerprint density at radius 2 is 0.864 bits per heavy atom. The number of carbonyl (C=O) groups is 1. The Hall–Kier alpha value is -0.730. The molecule has 10 N–H and O–H groups in total. The van der Waals surface area contributed by atoms with Crippen molar-refractivity contribution < 1.29 is 55.9 Å². The van der Waals surface area contributed by atoms with Gasteiger partial charge >= 0.3 is 0 Å². The van der Waals surface area contributed by atoms with Crippen molar-refractivity contribution in [2.75, 3.05) is 19.8 Å². The Bertz CT molecular complexity index is 263. The SMILES string of the molecule is O=C[C@H](O)[C@H](O)[C@H](O)CO.OC[C@@H](O)[C@@H](O)[C@H](O)[C@H](O)CO. The average molecular weight is 332 g/mol. The Labute approximate surface area is 125 Å². The smallest absolute Gasteiger partial charge is 0.151 e. The fourth-order valence-electron chi connectivity index (χ4n) is 1.09. The van der Waals surface area contributed by atoms with Crippen molar-refractivity contribution in [3.8, 4) is 0 Å². The zero-order valence-electron chi connectivity index (χ0n) is 11.6. The minimum Gasteiger partial charge on any atom is -0.394 e. The molecule has 0 unspecified atom stereocenters. The van der Waals surface area contributed by atoms with Gasteiger partial charge in [0, 0.05) is 0 Å². The lowest BCUT2D eigenvalue weighted by Gasteiger charge is -2.24. The van der Waals surface area contributed by atoms with Crippen LogP contribution in [0.2, 0.25) is 0 Å². The topological polar surface area (TPSA) is 219 Å². The molecule has 0 heterocycles. The van der Waals surface area contributed by atoms with E-state index in [2.05, 4.69) is 0 Å². The molecule has 134 valence electrons. The highest BCUT2D eigenvalue weighted by Crippen LogP contribution is 2.04. The summed E-state index contributed by atoms with van der Waals surface area (Å²) in [6, 6.07) is 0. The van der Waals surface area contributed by atoms with Gasteiger partial charge in [0.2, 0.25) is 0 Å². The molecular weight excluding hydrogens is 308 g/mol. The van der Waals surface area contributed by atoms with Crippen LogP contribution in [0.4, 0.5) is 0 Å². The summed E-state index contributed by atoms with van der Waals surface area (Å²) in [4.78, 5) is 9.76. The second kappa shape index (κ2) is 12.8. The molecule has 0 saturated carbocycles. The third kappa shape index (κ3) is 8.65. The minimum atomic E-state index is -1.67. The maximum absolute atomic E-state index is 9.76. The molecule has 0 aliphatic rings. The van der Waals surface area contributed by atoms with Crippen LogP contribution in [0.3, 0.4) is 0 Å². The zero-order chi connectivity index (χ0) is 17.9. The molecule has 0 saturated heterocycles. The van der Waals surface area contributed by atoms with Gasteiger partial charge in [0.05, 0.1) is 19.8 Å². The summed E-state index contributed by atoms with van der Waals surface area (Å²) in [5.74, 6) is 0. The van der Waals surface area contributed by atoms with Gasteiger partial charge in [0.25, 0.3) is 0 Å². The van der Waals surface area contributed by atoms with Gasteiger partial charge in [0.1, 0.15) is 42.7 Å². The van der Waals surface area contributed by atoms with E-state index >= 15 is 0 Å². The molecule has 0 aliphatic heterocycles. The second-order valence-corrected chi connectivity index (χ2v) is 4.35. The first kappa shape index (κ1) is 23.5. The molecule has 0 radical (unpaired) electrons. The lowest BCUT2D eigenvalue weighted by Crippen LogP contribution is -2.46. The van der Waals surface area contributed by atoms with E-state index in [1.165, 1.54) is 0 Å². The van der Waals surface area contributed by atoms with Crippen molar-refractivity contribution in [2.24, 2.45) is 0 Å². The molecule has 0 aromatic rings. The highest BCUT2D eigenvalue weighted by molar-refractivity contribution is 5.56. The van der Waals surface area contributed by atoms with Crippen LogP contribution < -0.4 is 0 Å². The summed E-state index contributed by atoms with van der Waals surface area (Å²) in [6.07, 6.45) is -11.0. The van der Waals surface area contributed by atoms with Crippen molar-refractivity contribution in [1.82, 2.24) is 0 Å². The van der Waals surface area contributed by atoms with Crippen molar-refractivity contribution >= 4 is 6.29 Å². The number of aliphatic hydroxyl groups is 10. The molecule has 11 heteroatoms. The van der Waals surface area contributed by atoms with Gasteiger partial charge in [0.15, 0.2) is 6.29 Å². The van der Waals surface area contributed by atoms with Crippen molar-refractivity contribution in [1.29, 1.82) is 0 Å². The molecular formula is C11H24O11. The maximum Gasteiger partial charge on any atom is 0.151 e. The summed E-state index contributed by atoms with van der Waals surface area (Å²) < 4.78 is 0. The normalized spacial score (nSPS) is 20.6. The fourth-order valence-corrected chi connectivity index (χ4v) is 1.09. The molecule has 0 fully saturated rings. The Morgan fingerprint density at radius 3 is 1.09 bits per heavy atom. The van der Waals surface area contributed by atoms with E-state index in [-0.39, 0.29) is 6.29 Å². The molecule has 0 aliphatic carbocycles. The van der Waals surface area contributed by atoms with Gasteiger partial charge in [-0.05, 0) is 0 Å². The van der Waals surface area contributed by atoms with Crippen molar-refractivity contribution in [2.45, 2.75) is 42.7 Å². The average Bonchev–Trinajstić information content (AvgIpc) is 2.56. The van der Waals surface area contributed by atoms with Gasteiger partial charge in [-0.1, -0.05) is 0 Å². The van der Waals surface area contributed by atoms with Crippen LogP contribution in [0.15, 0.2) is 0 Å². The van der Waals surface area contributed by atoms with E-state index in [0.29, 0.717) is 0 Å². The number of hydrogen-bond acceptors (Lipinski definition) is 11. The lowest BCUT2D eigenvalue weighted by molar-refractivity contribution is -0.127. The van der Waals surface area contributed by atoms with E-state index in [1.54, 1.807) is 0 Å². The summed E-state index contributed by atoms with van der Waals surface area (Å²) in [7, 11) is 0. The van der Waals surface area contributed by atoms with E-state index < -0.39 is 62.5 Å². The summed E-state index contributed by atoms with van der Waals surface area (Å²) >= 11 is 0. The Morgan fingerprint density at radius 1 is 0.591 bits per heavy atom. The summed E-state index contributed by atoms with van der Waals surface area (Å²) in [5.41, 5.74) is 0. The van der Waals surface area contributed by atoms with Crippen LogP contribution in [0.5, 0.6) is 0 Å². The van der Waals surface area contributed by atoms with E-state index in [9.17, 15) is 4.79 Å². The molecule has 0 spiro atoms. The summed E-state index contributed by atoms with van der Waals surface area (Å²) in [5, 5.41) is 86.2. The molecule has 0 rings (SSSR count). The monoisotopic (exact) mass is 332 g/mol. The van der Waals surface area contributed by atoms with Crippen LogP contribution >= 0.6 is 0 Å². The number of aldehydes is 1. The van der Waals surface area contributed by atoms with Crippen molar-refractivity contribution in [3.63, 3.8) is 0 Å². The third-order valence-electron chi connectivity index (χ3n) is 2.58. The van der Waals surface area contributed by atoms with E-state index in [4.69, 9.17) is 51.1 Å². The standard InChI is InChI=1S/C6H14O6.C5H10O5/c7-1-3(9)5(11)6(12)4(10)2-8;6-1-3(8)5(10)4(9)2-7/h3-12H,1-2H2;1,3-5,7-10H,2H2/t3-,4-,5-,6-;3-,4+,5-/m10/s1. The van der Waals surface area contributed by atoms with Crippen molar-refractivity contribution in [3.05, 3.63) is 0 Å². The molecule has 7 atom stereocenters. The van der Waals surface area contributed by atoms with Crippen LogP contribution in [0.1, 0.15) is 0 Å². The van der Waals surface area contributed by atoms with Gasteiger partial charge in [-0.15, -0.1) is 0 Å². The van der Waals surface area contributed by atoms with Gasteiger partial charge in [-0.2, -0.15) is 0 Å². The first-order valence-corrected chi connectivity index (χ1v) is 6.22. The lowest BCUT2D eigenvalue weighted by atomic mass is 10.0. The molecule has 0 amide bonds. The predicted molar refractivity (Wildman–Crippen MR) is 69.4 cm³/mol.